The molecule has 0 saturated heterocycles. The molecule has 5 rings (SSSR count). The highest BCUT2D eigenvalue weighted by atomic mass is 32.1. The topological polar surface area (TPSA) is 58.9 Å². The lowest BCUT2D eigenvalue weighted by atomic mass is 9.90. The second-order valence-electron chi connectivity index (χ2n) is 10.2. The molecule has 1 saturated carbocycles. The molecule has 0 amide bonds. The number of halogens is 3. The van der Waals surface area contributed by atoms with Gasteiger partial charge < -0.3 is 10.2 Å². The summed E-state index contributed by atoms with van der Waals surface area (Å²) in [7, 11) is 0. The van der Waals surface area contributed by atoms with Gasteiger partial charge >= 0.3 is 6.18 Å². The minimum absolute atomic E-state index is 0.189. The molecule has 1 aromatic carbocycles. The van der Waals surface area contributed by atoms with Gasteiger partial charge in [-0.1, -0.05) is 25.1 Å². The highest BCUT2D eigenvalue weighted by molar-refractivity contribution is 7.10. The Hall–Kier alpha value is -2.62. The van der Waals surface area contributed by atoms with Crippen LogP contribution in [0.1, 0.15) is 68.1 Å². The van der Waals surface area contributed by atoms with Gasteiger partial charge in [0.05, 0.1) is 11.3 Å². The van der Waals surface area contributed by atoms with Crippen LogP contribution in [0.25, 0.3) is 0 Å². The minimum atomic E-state index is -4.36. The first kappa shape index (κ1) is 25.0. The Morgan fingerprint density at radius 3 is 2.75 bits per heavy atom. The first-order valence-electron chi connectivity index (χ1n) is 12.8. The predicted octanol–water partition coefficient (Wildman–Crippen LogP) is 6.34. The third-order valence-electron chi connectivity index (χ3n) is 7.66. The molecule has 0 bridgehead atoms. The number of aromatic nitrogens is 4. The summed E-state index contributed by atoms with van der Waals surface area (Å²) in [6, 6.07) is 8.03. The van der Waals surface area contributed by atoms with Gasteiger partial charge in [0.2, 0.25) is 5.95 Å². The number of alkyl halides is 3. The van der Waals surface area contributed by atoms with E-state index in [0.717, 1.165) is 62.9 Å². The molecule has 4 atom stereocenters. The Morgan fingerprint density at radius 1 is 1.19 bits per heavy atom. The highest BCUT2D eigenvalue weighted by Gasteiger charge is 2.37. The quantitative estimate of drug-likeness (QED) is 0.396. The van der Waals surface area contributed by atoms with E-state index in [4.69, 9.17) is 10.1 Å². The van der Waals surface area contributed by atoms with E-state index in [1.807, 2.05) is 11.6 Å². The summed E-state index contributed by atoms with van der Waals surface area (Å²) in [4.78, 5) is 7.23. The average molecular weight is 519 g/mol. The van der Waals surface area contributed by atoms with E-state index in [0.29, 0.717) is 23.3 Å². The number of anilines is 2. The molecule has 1 aliphatic heterocycles. The van der Waals surface area contributed by atoms with Gasteiger partial charge in [0.1, 0.15) is 10.8 Å². The average Bonchev–Trinajstić information content (AvgIpc) is 3.56. The van der Waals surface area contributed by atoms with Gasteiger partial charge in [-0.05, 0) is 80.6 Å². The fourth-order valence-electron chi connectivity index (χ4n) is 5.73. The molecule has 1 N–H and O–H groups in total. The Labute approximate surface area is 214 Å². The van der Waals surface area contributed by atoms with Crippen molar-refractivity contribution in [1.82, 2.24) is 19.1 Å². The molecule has 0 radical (unpaired) electrons. The summed E-state index contributed by atoms with van der Waals surface area (Å²) in [5.41, 5.74) is 1.08. The van der Waals surface area contributed by atoms with E-state index in [1.165, 1.54) is 17.1 Å². The molecule has 2 aromatic heterocycles. The van der Waals surface area contributed by atoms with Crippen molar-refractivity contribution < 1.29 is 13.2 Å². The molecule has 194 valence electrons. The SMILES string of the molecule is CCN(C[C@@H]1CC[C@H](C)[C@H]1Nc1nc2n(n1)CCCC2c1cccc(C(F)(F)F)c1)c1cc(C)ns1. The van der Waals surface area contributed by atoms with E-state index < -0.39 is 11.7 Å². The van der Waals surface area contributed by atoms with Gasteiger partial charge in [0.25, 0.3) is 0 Å². The van der Waals surface area contributed by atoms with E-state index >= 15 is 0 Å². The highest BCUT2D eigenvalue weighted by Crippen LogP contribution is 2.38. The van der Waals surface area contributed by atoms with Crippen LogP contribution in [-0.4, -0.2) is 38.3 Å². The third-order valence-corrected chi connectivity index (χ3v) is 8.61. The van der Waals surface area contributed by atoms with Crippen molar-refractivity contribution in [3.05, 3.63) is 53.0 Å². The Kier molecular flexibility index (Phi) is 6.98. The van der Waals surface area contributed by atoms with Crippen molar-refractivity contribution in [2.45, 2.75) is 71.1 Å². The van der Waals surface area contributed by atoms with Crippen LogP contribution >= 0.6 is 11.5 Å². The number of nitrogens with zero attached hydrogens (tertiary/aromatic N) is 5. The van der Waals surface area contributed by atoms with Crippen LogP contribution in [0.15, 0.2) is 30.3 Å². The lowest BCUT2D eigenvalue weighted by Gasteiger charge is -2.29. The van der Waals surface area contributed by atoms with Crippen LogP contribution in [0.2, 0.25) is 0 Å². The van der Waals surface area contributed by atoms with Gasteiger partial charge in [-0.25, -0.2) is 4.68 Å². The standard InChI is InChI=1S/C26H33F3N6S/c1-4-34(22-13-17(3)33-36-22)15-19-11-10-16(2)23(19)30-25-31-24-21(9-6-12-35(24)32-25)18-7-5-8-20(14-18)26(27,28)29/h5,7-8,13-14,16,19,21,23H,4,6,9-12,15H2,1-3H3,(H,30,32)/t16-,19-,21?,23+/m0/s1. The summed E-state index contributed by atoms with van der Waals surface area (Å²) in [5.74, 6) is 2.08. The Balaban J connectivity index is 1.35. The van der Waals surface area contributed by atoms with Crippen molar-refractivity contribution in [2.24, 2.45) is 11.8 Å². The molecule has 1 unspecified atom stereocenters. The number of benzene rings is 1. The second kappa shape index (κ2) is 10.0. The lowest BCUT2D eigenvalue weighted by molar-refractivity contribution is -0.137. The van der Waals surface area contributed by atoms with Crippen molar-refractivity contribution >= 4 is 22.5 Å². The van der Waals surface area contributed by atoms with Gasteiger partial charge in [-0.15, -0.1) is 5.10 Å². The molecule has 0 spiro atoms. The monoisotopic (exact) mass is 518 g/mol. The van der Waals surface area contributed by atoms with Crippen LogP contribution < -0.4 is 10.2 Å². The minimum Gasteiger partial charge on any atom is -0.362 e. The maximum absolute atomic E-state index is 13.3. The largest absolute Gasteiger partial charge is 0.416 e. The molecule has 3 aromatic rings. The third kappa shape index (κ3) is 5.10. The normalized spacial score (nSPS) is 24.1. The summed E-state index contributed by atoms with van der Waals surface area (Å²) in [6.45, 7) is 9.07. The van der Waals surface area contributed by atoms with E-state index in [9.17, 15) is 13.2 Å². The fraction of sp³-hybridized carbons (Fsp3) is 0.577. The summed E-state index contributed by atoms with van der Waals surface area (Å²) >= 11 is 1.55. The molecule has 6 nitrogen and oxygen atoms in total. The van der Waals surface area contributed by atoms with Crippen molar-refractivity contribution in [2.75, 3.05) is 23.3 Å². The van der Waals surface area contributed by atoms with Gasteiger partial charge in [-0.3, -0.25) is 0 Å². The van der Waals surface area contributed by atoms with Crippen molar-refractivity contribution in [1.29, 1.82) is 0 Å². The fourth-order valence-corrected chi connectivity index (χ4v) is 6.56. The van der Waals surface area contributed by atoms with Crippen LogP contribution in [0.3, 0.4) is 0 Å². The molecule has 3 heterocycles. The van der Waals surface area contributed by atoms with Crippen LogP contribution in [0.4, 0.5) is 24.1 Å². The molecular weight excluding hydrogens is 485 g/mol. The number of aryl methyl sites for hydroxylation is 2. The number of rotatable bonds is 7. The second-order valence-corrected chi connectivity index (χ2v) is 10.9. The Morgan fingerprint density at radius 2 is 2.03 bits per heavy atom. The molecule has 1 fully saturated rings. The van der Waals surface area contributed by atoms with Crippen molar-refractivity contribution in [3.8, 4) is 0 Å². The zero-order valence-corrected chi connectivity index (χ0v) is 21.7. The van der Waals surface area contributed by atoms with Crippen LogP contribution in [0, 0.1) is 18.8 Å². The van der Waals surface area contributed by atoms with Crippen LogP contribution in [0.5, 0.6) is 0 Å². The molecule has 2 aliphatic rings. The number of fused-ring (bicyclic) bond motifs is 1. The number of hydrogen-bond donors (Lipinski definition) is 1. The van der Waals surface area contributed by atoms with Gasteiger partial charge in [-0.2, -0.15) is 22.5 Å². The zero-order valence-electron chi connectivity index (χ0n) is 20.9. The maximum atomic E-state index is 13.3. The smallest absolute Gasteiger partial charge is 0.362 e. The Bertz CT molecular complexity index is 1190. The van der Waals surface area contributed by atoms with Gasteiger partial charge in [0.15, 0.2) is 0 Å². The maximum Gasteiger partial charge on any atom is 0.416 e. The molecule has 36 heavy (non-hydrogen) atoms. The van der Waals surface area contributed by atoms with Crippen LogP contribution in [-0.2, 0) is 12.7 Å². The van der Waals surface area contributed by atoms with Gasteiger partial charge in [0, 0.05) is 31.6 Å². The number of hydrogen-bond acceptors (Lipinski definition) is 6. The molecule has 10 heteroatoms. The predicted molar refractivity (Wildman–Crippen MR) is 137 cm³/mol. The summed E-state index contributed by atoms with van der Waals surface area (Å²) < 4.78 is 46.3. The summed E-state index contributed by atoms with van der Waals surface area (Å²) in [6.07, 6.45) is -0.459. The van der Waals surface area contributed by atoms with E-state index in [-0.39, 0.29) is 12.0 Å². The van der Waals surface area contributed by atoms with E-state index in [2.05, 4.69) is 34.5 Å². The lowest BCUT2D eigenvalue weighted by Crippen LogP contribution is -2.38. The van der Waals surface area contributed by atoms with Crippen molar-refractivity contribution in [3.63, 3.8) is 0 Å². The van der Waals surface area contributed by atoms with E-state index in [1.54, 1.807) is 17.6 Å². The zero-order chi connectivity index (χ0) is 25.4. The first-order valence-corrected chi connectivity index (χ1v) is 13.6. The first-order chi connectivity index (χ1) is 17.2. The molecule has 1 aliphatic carbocycles. The summed E-state index contributed by atoms with van der Waals surface area (Å²) in [5, 5.41) is 9.57. The molecular formula is C26H33F3N6S. The number of nitrogens with one attached hydrogen (secondary N) is 1.